The molecule has 1 heterocycles. The molecule has 144 valence electrons. The minimum Gasteiger partial charge on any atom is -0.444 e. The summed E-state index contributed by atoms with van der Waals surface area (Å²) in [4.78, 5) is 11.6. The summed E-state index contributed by atoms with van der Waals surface area (Å²) in [6.07, 6.45) is -2.17. The summed E-state index contributed by atoms with van der Waals surface area (Å²) in [5.74, 6) is 0. The molecule has 0 unspecified atom stereocenters. The highest BCUT2D eigenvalue weighted by Crippen LogP contribution is 2.33. The molecule has 9 heteroatoms. The molecular weight excluding hydrogens is 361 g/mol. The molecule has 0 saturated carbocycles. The first-order chi connectivity index (χ1) is 12.5. The van der Waals surface area contributed by atoms with E-state index >= 15 is 0 Å². The van der Waals surface area contributed by atoms with Crippen molar-refractivity contribution in [3.05, 3.63) is 41.7 Å². The van der Waals surface area contributed by atoms with E-state index in [1.807, 2.05) is 6.07 Å². The average Bonchev–Trinajstić information content (AvgIpc) is 3.00. The number of halogens is 3. The van der Waals surface area contributed by atoms with Gasteiger partial charge in [-0.3, -0.25) is 4.68 Å². The predicted octanol–water partition coefficient (Wildman–Crippen LogP) is 3.97. The number of rotatable bonds is 4. The minimum absolute atomic E-state index is 0.120. The minimum atomic E-state index is -4.50. The van der Waals surface area contributed by atoms with Gasteiger partial charge in [0.15, 0.2) is 0 Å². The van der Waals surface area contributed by atoms with E-state index in [0.29, 0.717) is 12.1 Å². The quantitative estimate of drug-likeness (QED) is 0.871. The van der Waals surface area contributed by atoms with Gasteiger partial charge in [-0.15, -0.1) is 0 Å². The third-order valence-electron chi connectivity index (χ3n) is 3.42. The highest BCUT2D eigenvalue weighted by Gasteiger charge is 2.31. The molecular formula is C18H19F3N4O2. The lowest BCUT2D eigenvalue weighted by Gasteiger charge is -2.19. The number of ether oxygens (including phenoxy) is 1. The molecule has 0 aliphatic rings. The molecule has 2 rings (SSSR count). The van der Waals surface area contributed by atoms with Gasteiger partial charge in [-0.1, -0.05) is 0 Å². The number of carbonyl (C=O) groups excluding carboxylic acids is 1. The topological polar surface area (TPSA) is 79.9 Å². The molecule has 0 aliphatic heterocycles. The predicted molar refractivity (Wildman–Crippen MR) is 91.6 cm³/mol. The molecule has 0 saturated heterocycles. The van der Waals surface area contributed by atoms with Crippen molar-refractivity contribution >= 4 is 6.09 Å². The molecule has 27 heavy (non-hydrogen) atoms. The zero-order valence-corrected chi connectivity index (χ0v) is 15.1. The van der Waals surface area contributed by atoms with E-state index in [-0.39, 0.29) is 17.7 Å². The molecule has 0 aliphatic carbocycles. The Labute approximate surface area is 154 Å². The van der Waals surface area contributed by atoms with Gasteiger partial charge in [0, 0.05) is 23.9 Å². The van der Waals surface area contributed by atoms with Crippen molar-refractivity contribution in [3.63, 3.8) is 0 Å². The second-order valence-corrected chi connectivity index (χ2v) is 6.79. The number of nitrogens with zero attached hydrogens (tertiary/aromatic N) is 3. The van der Waals surface area contributed by atoms with Crippen molar-refractivity contribution < 1.29 is 22.7 Å². The second-order valence-electron chi connectivity index (χ2n) is 6.79. The Morgan fingerprint density at radius 3 is 2.63 bits per heavy atom. The van der Waals surface area contributed by atoms with E-state index in [4.69, 9.17) is 10.00 Å². The van der Waals surface area contributed by atoms with Crippen LogP contribution in [-0.2, 0) is 17.5 Å². The number of aromatic nitrogens is 2. The van der Waals surface area contributed by atoms with Crippen LogP contribution in [0.25, 0.3) is 11.1 Å². The Balaban J connectivity index is 2.09. The molecule has 0 radical (unpaired) electrons. The van der Waals surface area contributed by atoms with Crippen molar-refractivity contribution in [2.24, 2.45) is 0 Å². The number of nitriles is 1. The number of alkyl carbamates (subject to hydrolysis) is 1. The first-order valence-electron chi connectivity index (χ1n) is 8.10. The van der Waals surface area contributed by atoms with Gasteiger partial charge in [0.1, 0.15) is 5.60 Å². The molecule has 0 bridgehead atoms. The fourth-order valence-corrected chi connectivity index (χ4v) is 2.27. The fraction of sp³-hybridized carbons (Fsp3) is 0.389. The van der Waals surface area contributed by atoms with E-state index in [9.17, 15) is 18.0 Å². The van der Waals surface area contributed by atoms with Gasteiger partial charge >= 0.3 is 12.3 Å². The van der Waals surface area contributed by atoms with Crippen molar-refractivity contribution in [2.45, 2.75) is 39.1 Å². The molecule has 6 nitrogen and oxygen atoms in total. The standard InChI is InChI=1S/C18H19F3N4O2/c1-17(2,3)27-16(26)23-6-7-25-11-13(10-24-25)15-8-14(18(19,20)21)5-4-12(15)9-22/h4-5,8,10-11H,6-7H2,1-3H3,(H,23,26). The van der Waals surface area contributed by atoms with E-state index in [1.54, 1.807) is 20.8 Å². The zero-order chi connectivity index (χ0) is 20.2. The Hall–Kier alpha value is -3.02. The second kappa shape index (κ2) is 7.70. The van der Waals surface area contributed by atoms with Crippen LogP contribution in [0.5, 0.6) is 0 Å². The third-order valence-corrected chi connectivity index (χ3v) is 3.42. The van der Waals surface area contributed by atoms with E-state index in [1.165, 1.54) is 17.1 Å². The van der Waals surface area contributed by atoms with E-state index in [2.05, 4.69) is 10.4 Å². The number of nitrogens with one attached hydrogen (secondary N) is 1. The van der Waals surface area contributed by atoms with Gasteiger partial charge in [0.25, 0.3) is 0 Å². The summed E-state index contributed by atoms with van der Waals surface area (Å²) < 4.78 is 45.4. The van der Waals surface area contributed by atoms with Crippen LogP contribution in [0.3, 0.4) is 0 Å². The number of alkyl halides is 3. The van der Waals surface area contributed by atoms with Crippen molar-refractivity contribution in [2.75, 3.05) is 6.54 Å². The molecule has 1 amide bonds. The summed E-state index contributed by atoms with van der Waals surface area (Å²) in [7, 11) is 0. The molecule has 0 atom stereocenters. The first kappa shape index (κ1) is 20.3. The summed E-state index contributed by atoms with van der Waals surface area (Å²) in [5, 5.41) is 15.8. The van der Waals surface area contributed by atoms with Gasteiger partial charge in [-0.2, -0.15) is 23.5 Å². The van der Waals surface area contributed by atoms with Crippen LogP contribution in [0.1, 0.15) is 31.9 Å². The molecule has 2 aromatic rings. The van der Waals surface area contributed by atoms with Crippen LogP contribution < -0.4 is 5.32 Å². The monoisotopic (exact) mass is 380 g/mol. The maximum absolute atomic E-state index is 12.9. The SMILES string of the molecule is CC(C)(C)OC(=O)NCCn1cc(-c2cc(C(F)(F)F)ccc2C#N)cn1. The Bertz CT molecular complexity index is 861. The third kappa shape index (κ3) is 5.74. The number of hydrogen-bond donors (Lipinski definition) is 1. The highest BCUT2D eigenvalue weighted by atomic mass is 19.4. The maximum atomic E-state index is 12.9. The average molecular weight is 380 g/mol. The lowest BCUT2D eigenvalue weighted by Crippen LogP contribution is -2.34. The van der Waals surface area contributed by atoms with E-state index < -0.39 is 23.4 Å². The zero-order valence-electron chi connectivity index (χ0n) is 15.1. The van der Waals surface area contributed by atoms with Gasteiger partial charge in [-0.05, 0) is 39.0 Å². The molecule has 1 aromatic carbocycles. The van der Waals surface area contributed by atoms with Crippen LogP contribution in [-0.4, -0.2) is 28.0 Å². The van der Waals surface area contributed by atoms with Crippen LogP contribution in [0.2, 0.25) is 0 Å². The van der Waals surface area contributed by atoms with Crippen molar-refractivity contribution in [3.8, 4) is 17.2 Å². The van der Waals surface area contributed by atoms with Gasteiger partial charge in [-0.25, -0.2) is 4.79 Å². The summed E-state index contributed by atoms with van der Waals surface area (Å²) >= 11 is 0. The largest absolute Gasteiger partial charge is 0.444 e. The van der Waals surface area contributed by atoms with E-state index in [0.717, 1.165) is 18.2 Å². The molecule has 1 aromatic heterocycles. The maximum Gasteiger partial charge on any atom is 0.416 e. The van der Waals surface area contributed by atoms with Crippen LogP contribution >= 0.6 is 0 Å². The smallest absolute Gasteiger partial charge is 0.416 e. The number of benzene rings is 1. The summed E-state index contributed by atoms with van der Waals surface area (Å²) in [6, 6.07) is 4.82. The normalized spacial score (nSPS) is 11.7. The first-order valence-corrected chi connectivity index (χ1v) is 8.10. The van der Waals surface area contributed by atoms with Gasteiger partial charge in [0.05, 0.1) is 29.9 Å². The van der Waals surface area contributed by atoms with Gasteiger partial charge < -0.3 is 10.1 Å². The van der Waals surface area contributed by atoms with Gasteiger partial charge in [0.2, 0.25) is 0 Å². The fourth-order valence-electron chi connectivity index (χ4n) is 2.27. The van der Waals surface area contributed by atoms with Crippen molar-refractivity contribution in [1.82, 2.24) is 15.1 Å². The van der Waals surface area contributed by atoms with Crippen molar-refractivity contribution in [1.29, 1.82) is 5.26 Å². The number of hydrogen-bond acceptors (Lipinski definition) is 4. The Morgan fingerprint density at radius 2 is 2.04 bits per heavy atom. The number of amides is 1. The lowest BCUT2D eigenvalue weighted by molar-refractivity contribution is -0.137. The summed E-state index contributed by atoms with van der Waals surface area (Å²) in [6.45, 7) is 5.75. The molecule has 1 N–H and O–H groups in total. The van der Waals surface area contributed by atoms with Crippen LogP contribution in [0, 0.1) is 11.3 Å². The Morgan fingerprint density at radius 1 is 1.33 bits per heavy atom. The van der Waals surface area contributed by atoms with Crippen LogP contribution in [0.15, 0.2) is 30.6 Å². The molecule has 0 spiro atoms. The van der Waals surface area contributed by atoms with Crippen LogP contribution in [0.4, 0.5) is 18.0 Å². The molecule has 0 fully saturated rings. The number of carbonyl (C=O) groups is 1. The summed E-state index contributed by atoms with van der Waals surface area (Å²) in [5.41, 5.74) is -0.793. The lowest BCUT2D eigenvalue weighted by atomic mass is 10.00. The Kier molecular flexibility index (Phi) is 5.78. The highest BCUT2D eigenvalue weighted by molar-refractivity contribution is 5.70.